The number of aromatic nitrogens is 1. The van der Waals surface area contributed by atoms with Crippen LogP contribution < -0.4 is 19.8 Å². The van der Waals surface area contributed by atoms with Crippen LogP contribution in [0.2, 0.25) is 5.02 Å². The molecule has 2 heterocycles. The number of carboxylic acid groups (broad SMARTS) is 1. The summed E-state index contributed by atoms with van der Waals surface area (Å²) in [5.74, 6) is -0.325. The maximum atomic E-state index is 15.6. The molecule has 0 amide bonds. The summed E-state index contributed by atoms with van der Waals surface area (Å²) in [5, 5.41) is 14.5. The molecule has 1 unspecified atom stereocenters. The second kappa shape index (κ2) is 23.1. The molecule has 0 saturated carbocycles. The van der Waals surface area contributed by atoms with Crippen molar-refractivity contribution >= 4 is 75.8 Å². The lowest BCUT2D eigenvalue weighted by atomic mass is 9.96. The molecule has 0 bridgehead atoms. The van der Waals surface area contributed by atoms with E-state index < -0.39 is 17.3 Å². The van der Waals surface area contributed by atoms with Gasteiger partial charge in [0.15, 0.2) is 0 Å². The van der Waals surface area contributed by atoms with Gasteiger partial charge in [-0.3, -0.25) is 0 Å². The molecule has 3 N–H and O–H groups in total. The van der Waals surface area contributed by atoms with Crippen LogP contribution in [0.5, 0.6) is 0 Å². The van der Waals surface area contributed by atoms with Gasteiger partial charge in [-0.15, -0.1) is 11.8 Å². The third-order valence-corrected chi connectivity index (χ3v) is 14.8. The minimum Gasteiger partial charge on any atom is -0.478 e. The Balaban J connectivity index is 1.00. The van der Waals surface area contributed by atoms with Gasteiger partial charge in [0.1, 0.15) is 5.82 Å². The number of hydrogen-bond acceptors (Lipinski definition) is 9. The van der Waals surface area contributed by atoms with Crippen molar-refractivity contribution < 1.29 is 27.5 Å². The van der Waals surface area contributed by atoms with Crippen molar-refractivity contribution in [2.24, 2.45) is 5.92 Å². The number of benzene rings is 5. The maximum absolute atomic E-state index is 15.6. The first-order valence-electron chi connectivity index (χ1n) is 22.6. The molecular weight excluding hydrogens is 948 g/mol. The highest BCUT2D eigenvalue weighted by Crippen LogP contribution is 2.44. The number of aromatic carboxylic acids is 1. The van der Waals surface area contributed by atoms with Gasteiger partial charge in [-0.25, -0.2) is 9.18 Å². The second-order valence-electron chi connectivity index (χ2n) is 17.3. The molecule has 7 rings (SSSR count). The van der Waals surface area contributed by atoms with Gasteiger partial charge in [-0.05, 0) is 160 Å². The summed E-state index contributed by atoms with van der Waals surface area (Å²) in [5.41, 5.74) is 1.63. The molecule has 1 atom stereocenters. The Kier molecular flexibility index (Phi) is 17.3. The quantitative estimate of drug-likeness (QED) is 0.0391. The molecule has 5 aromatic carbocycles. The zero-order valence-corrected chi connectivity index (χ0v) is 42.0. The number of nitrogens with one attached hydrogen (secondary N) is 2. The lowest BCUT2D eigenvalue weighted by Gasteiger charge is -2.37. The average molecular weight is 1010 g/mol. The first-order valence-corrected chi connectivity index (χ1v) is 25.6. The monoisotopic (exact) mass is 1000 g/mol. The van der Waals surface area contributed by atoms with Crippen LogP contribution in [0.1, 0.15) is 43.2 Å². The van der Waals surface area contributed by atoms with Gasteiger partial charge in [0, 0.05) is 105 Å². The highest BCUT2D eigenvalue weighted by atomic mass is 35.5. The molecule has 8 nitrogen and oxygen atoms in total. The highest BCUT2D eigenvalue weighted by molar-refractivity contribution is 8.01. The third kappa shape index (κ3) is 13.4. The van der Waals surface area contributed by atoms with E-state index in [1.165, 1.54) is 24.1 Å². The van der Waals surface area contributed by atoms with Gasteiger partial charge in [-0.1, -0.05) is 55.8 Å². The van der Waals surface area contributed by atoms with E-state index in [-0.39, 0.29) is 28.3 Å². The Bertz CT molecular complexity index is 2630. The molecule has 16 heteroatoms. The number of piperazine rings is 1. The van der Waals surface area contributed by atoms with Crippen molar-refractivity contribution in [3.8, 4) is 22.4 Å². The molecule has 0 radical (unpaired) electrons. The molecule has 6 aromatic rings. The second-order valence-corrected chi connectivity index (χ2v) is 20.8. The lowest BCUT2D eigenvalue weighted by Crippen LogP contribution is -2.46. The van der Waals surface area contributed by atoms with Gasteiger partial charge in [0.25, 0.3) is 0 Å². The van der Waals surface area contributed by atoms with Crippen LogP contribution in [-0.4, -0.2) is 84.2 Å². The molecule has 1 fully saturated rings. The van der Waals surface area contributed by atoms with Crippen molar-refractivity contribution in [1.82, 2.24) is 9.47 Å². The summed E-state index contributed by atoms with van der Waals surface area (Å²) >= 11 is 9.06. The average Bonchev–Trinajstić information content (AvgIpc) is 3.61. The van der Waals surface area contributed by atoms with Gasteiger partial charge in [0.05, 0.1) is 11.3 Å². The fraction of sp³-hybridized carbons (Fsp3) is 0.327. The molecule has 1 aliphatic rings. The van der Waals surface area contributed by atoms with Crippen LogP contribution in [0.3, 0.4) is 0 Å². The molecule has 0 spiro atoms. The predicted octanol–water partition coefficient (Wildman–Crippen LogP) is 14.2. The van der Waals surface area contributed by atoms with Crippen LogP contribution >= 0.6 is 47.1 Å². The standard InChI is InChI=1S/C52H57ClF4N6O2S3/c1-6-63-35(4)48(51(64)65)49(50(63)36-12-14-38(53)15-13-36)37-28-39(54)30-43(29-37)62-26-24-61(25-27-62)42-18-16-40(17-19-42)59-68-45-20-21-46(47(31-45)67-52(55,56)57)58-41(22-23-60(5)32-34(2)3)33-66-44-10-8-7-9-11-44/h7-21,28-31,34,41,58-59H,6,22-27,32-33H2,1-5H3,(H,64,65). The number of halogens is 5. The third-order valence-electron chi connectivity index (χ3n) is 11.8. The number of anilines is 4. The van der Waals surface area contributed by atoms with Crippen LogP contribution in [-0.2, 0) is 6.54 Å². The minimum absolute atomic E-state index is 0.0627. The Hall–Kier alpha value is -4.93. The molecule has 360 valence electrons. The highest BCUT2D eigenvalue weighted by Gasteiger charge is 2.32. The smallest absolute Gasteiger partial charge is 0.446 e. The Morgan fingerprint density at radius 2 is 1.53 bits per heavy atom. The summed E-state index contributed by atoms with van der Waals surface area (Å²) in [7, 11) is 2.08. The number of rotatable bonds is 20. The van der Waals surface area contributed by atoms with E-state index in [1.54, 1.807) is 43.0 Å². The van der Waals surface area contributed by atoms with E-state index in [4.69, 9.17) is 11.6 Å². The first kappa shape index (κ1) is 50.9. The van der Waals surface area contributed by atoms with Crippen molar-refractivity contribution in [3.63, 3.8) is 0 Å². The van der Waals surface area contributed by atoms with Gasteiger partial charge < -0.3 is 34.4 Å². The summed E-state index contributed by atoms with van der Waals surface area (Å²) in [6.07, 6.45) is 0.773. The zero-order valence-electron chi connectivity index (χ0n) is 38.7. The fourth-order valence-corrected chi connectivity index (χ4v) is 11.2. The maximum Gasteiger partial charge on any atom is 0.446 e. The number of thioether (sulfide) groups is 2. The number of carboxylic acids is 1. The normalized spacial score (nSPS) is 13.6. The van der Waals surface area contributed by atoms with Crippen LogP contribution in [0.4, 0.5) is 40.3 Å². The number of carbonyl (C=O) groups is 1. The Morgan fingerprint density at radius 1 is 0.853 bits per heavy atom. The number of hydrogen-bond donors (Lipinski definition) is 3. The van der Waals surface area contributed by atoms with E-state index in [2.05, 4.69) is 45.6 Å². The molecule has 1 aliphatic heterocycles. The summed E-state index contributed by atoms with van der Waals surface area (Å²) in [4.78, 5) is 21.3. The summed E-state index contributed by atoms with van der Waals surface area (Å²) in [6, 6.07) is 35.1. The van der Waals surface area contributed by atoms with E-state index in [0.717, 1.165) is 41.3 Å². The van der Waals surface area contributed by atoms with E-state index >= 15 is 4.39 Å². The Morgan fingerprint density at radius 3 is 2.16 bits per heavy atom. The van der Waals surface area contributed by atoms with Crippen molar-refractivity contribution in [2.75, 3.05) is 71.9 Å². The zero-order chi connectivity index (χ0) is 48.5. The number of alkyl halides is 3. The van der Waals surface area contributed by atoms with E-state index in [0.29, 0.717) is 88.2 Å². The van der Waals surface area contributed by atoms with E-state index in [9.17, 15) is 23.1 Å². The van der Waals surface area contributed by atoms with E-state index in [1.807, 2.05) is 90.4 Å². The van der Waals surface area contributed by atoms with Crippen molar-refractivity contribution in [1.29, 1.82) is 0 Å². The van der Waals surface area contributed by atoms with Gasteiger partial charge in [-0.2, -0.15) is 13.2 Å². The largest absolute Gasteiger partial charge is 0.478 e. The van der Waals surface area contributed by atoms with Crippen LogP contribution in [0, 0.1) is 18.7 Å². The van der Waals surface area contributed by atoms with Gasteiger partial charge >= 0.3 is 11.5 Å². The topological polar surface area (TPSA) is 76.0 Å². The summed E-state index contributed by atoms with van der Waals surface area (Å²) in [6.45, 7) is 12.9. The fourth-order valence-electron chi connectivity index (χ4n) is 8.68. The minimum atomic E-state index is -4.46. The Labute approximate surface area is 415 Å². The lowest BCUT2D eigenvalue weighted by molar-refractivity contribution is -0.0328. The van der Waals surface area contributed by atoms with Gasteiger partial charge in [0.2, 0.25) is 0 Å². The summed E-state index contributed by atoms with van der Waals surface area (Å²) < 4.78 is 62.8. The molecule has 1 saturated heterocycles. The predicted molar refractivity (Wildman–Crippen MR) is 278 cm³/mol. The van der Waals surface area contributed by atoms with Crippen molar-refractivity contribution in [3.05, 3.63) is 137 Å². The van der Waals surface area contributed by atoms with Crippen LogP contribution in [0.15, 0.2) is 130 Å². The molecule has 68 heavy (non-hydrogen) atoms. The SMILES string of the molecule is CCn1c(C)c(C(=O)O)c(-c2cc(F)cc(N3CCN(c4ccc(NSc5ccc(NC(CCN(C)CC(C)C)CSc6ccccc6)c(SC(F)(F)F)c5)cc4)CC3)c2)c1-c1ccc(Cl)cc1. The van der Waals surface area contributed by atoms with Crippen LogP contribution in [0.25, 0.3) is 22.4 Å². The molecule has 0 aliphatic carbocycles. The molecule has 1 aromatic heterocycles. The molecular formula is C52H57ClF4N6O2S3. The number of nitrogens with zero attached hydrogens (tertiary/aromatic N) is 4. The van der Waals surface area contributed by atoms with Crippen molar-refractivity contribution in [2.45, 2.75) is 66.9 Å². The first-order chi connectivity index (χ1) is 32.5.